The molecule has 8 heteroatoms. The van der Waals surface area contributed by atoms with Gasteiger partial charge in [0.05, 0.1) is 10.6 Å². The molecule has 2 aromatic rings. The van der Waals surface area contributed by atoms with Crippen molar-refractivity contribution in [1.82, 2.24) is 0 Å². The van der Waals surface area contributed by atoms with Crippen LogP contribution in [0.15, 0.2) is 51.8 Å². The topological polar surface area (TPSA) is 89.3 Å². The number of carbonyl (C=O) groups is 1. The summed E-state index contributed by atoms with van der Waals surface area (Å²) in [4.78, 5) is 11.9. The molecule has 1 amide bonds. The van der Waals surface area contributed by atoms with Gasteiger partial charge in [0, 0.05) is 10.9 Å². The number of nitrogens with two attached hydrogens (primary N) is 1. The van der Waals surface area contributed by atoms with E-state index in [2.05, 4.69) is 21.2 Å². The second kappa shape index (κ2) is 7.20. The van der Waals surface area contributed by atoms with Crippen molar-refractivity contribution in [2.75, 3.05) is 5.32 Å². The zero-order valence-corrected chi connectivity index (χ0v) is 14.3. The molecule has 0 unspecified atom stereocenters. The van der Waals surface area contributed by atoms with Crippen LogP contribution in [0.2, 0.25) is 0 Å². The second-order valence-corrected chi connectivity index (χ2v) is 7.34. The quantitative estimate of drug-likeness (QED) is 0.808. The van der Waals surface area contributed by atoms with Gasteiger partial charge in [-0.3, -0.25) is 4.79 Å². The predicted molar refractivity (Wildman–Crippen MR) is 88.9 cm³/mol. The standard InChI is InChI=1S/C15H14BrFN2O3S/c16-11-4-7-14(13(17)9-11)19-15(20)8-3-10-1-5-12(6-2-10)23(18,21)22/h1-2,4-7,9H,3,8H2,(H,19,20)(H2,18,21,22). The molecule has 0 aromatic heterocycles. The van der Waals surface area contributed by atoms with E-state index in [0.29, 0.717) is 10.9 Å². The molecule has 2 rings (SSSR count). The lowest BCUT2D eigenvalue weighted by molar-refractivity contribution is -0.116. The van der Waals surface area contributed by atoms with Gasteiger partial charge in [-0.1, -0.05) is 28.1 Å². The van der Waals surface area contributed by atoms with Crippen molar-refractivity contribution in [3.05, 3.63) is 58.3 Å². The van der Waals surface area contributed by atoms with Gasteiger partial charge in [-0.15, -0.1) is 0 Å². The molecule has 0 aliphatic rings. The molecular weight excluding hydrogens is 387 g/mol. The Balaban J connectivity index is 1.94. The van der Waals surface area contributed by atoms with Crippen molar-refractivity contribution >= 4 is 37.5 Å². The van der Waals surface area contributed by atoms with Crippen LogP contribution in [0.1, 0.15) is 12.0 Å². The van der Waals surface area contributed by atoms with Gasteiger partial charge in [-0.2, -0.15) is 0 Å². The Labute approximate surface area is 141 Å². The van der Waals surface area contributed by atoms with Gasteiger partial charge >= 0.3 is 0 Å². The van der Waals surface area contributed by atoms with Crippen molar-refractivity contribution < 1.29 is 17.6 Å². The smallest absolute Gasteiger partial charge is 0.238 e. The van der Waals surface area contributed by atoms with E-state index in [0.717, 1.165) is 5.56 Å². The van der Waals surface area contributed by atoms with Crippen LogP contribution >= 0.6 is 15.9 Å². The monoisotopic (exact) mass is 400 g/mol. The van der Waals surface area contributed by atoms with Gasteiger partial charge < -0.3 is 5.32 Å². The summed E-state index contributed by atoms with van der Waals surface area (Å²) in [7, 11) is -3.72. The number of carbonyl (C=O) groups excluding carboxylic acids is 1. The van der Waals surface area contributed by atoms with E-state index in [-0.39, 0.29) is 22.9 Å². The molecule has 0 aliphatic heterocycles. The van der Waals surface area contributed by atoms with Gasteiger partial charge in [0.15, 0.2) is 0 Å². The molecule has 0 radical (unpaired) electrons. The molecule has 0 saturated heterocycles. The normalized spacial score (nSPS) is 11.3. The zero-order chi connectivity index (χ0) is 17.0. The first kappa shape index (κ1) is 17.6. The Morgan fingerprint density at radius 2 is 1.83 bits per heavy atom. The summed E-state index contributed by atoms with van der Waals surface area (Å²) in [6.07, 6.45) is 0.541. The number of hydrogen-bond donors (Lipinski definition) is 2. The number of sulfonamides is 1. The minimum Gasteiger partial charge on any atom is -0.324 e. The first-order valence-corrected chi connectivity index (χ1v) is 8.96. The number of anilines is 1. The lowest BCUT2D eigenvalue weighted by Crippen LogP contribution is -2.14. The largest absolute Gasteiger partial charge is 0.324 e. The number of amides is 1. The number of halogens is 2. The van der Waals surface area contributed by atoms with E-state index in [1.54, 1.807) is 18.2 Å². The van der Waals surface area contributed by atoms with Crippen LogP contribution in [0.3, 0.4) is 0 Å². The van der Waals surface area contributed by atoms with E-state index < -0.39 is 15.8 Å². The molecule has 2 aromatic carbocycles. The third-order valence-corrected chi connectivity index (χ3v) is 4.52. The maximum Gasteiger partial charge on any atom is 0.238 e. The molecule has 0 bridgehead atoms. The fourth-order valence-electron chi connectivity index (χ4n) is 1.91. The van der Waals surface area contributed by atoms with Gasteiger partial charge in [0.1, 0.15) is 5.82 Å². The molecule has 0 spiro atoms. The van der Waals surface area contributed by atoms with Crippen LogP contribution in [-0.4, -0.2) is 14.3 Å². The fraction of sp³-hybridized carbons (Fsp3) is 0.133. The summed E-state index contributed by atoms with van der Waals surface area (Å²) in [6, 6.07) is 10.3. The number of benzene rings is 2. The van der Waals surface area contributed by atoms with Gasteiger partial charge in [-0.25, -0.2) is 17.9 Å². The Hall–Kier alpha value is -1.77. The predicted octanol–water partition coefficient (Wildman–Crippen LogP) is 2.81. The zero-order valence-electron chi connectivity index (χ0n) is 11.9. The molecular formula is C15H14BrFN2O3S. The molecule has 0 fully saturated rings. The van der Waals surface area contributed by atoms with E-state index in [4.69, 9.17) is 5.14 Å². The highest BCUT2D eigenvalue weighted by Crippen LogP contribution is 2.19. The molecule has 0 atom stereocenters. The molecule has 3 N–H and O–H groups in total. The average Bonchev–Trinajstić information content (AvgIpc) is 2.47. The molecule has 0 aliphatic carbocycles. The summed E-state index contributed by atoms with van der Waals surface area (Å²) in [5.74, 6) is -0.855. The Morgan fingerprint density at radius 3 is 2.39 bits per heavy atom. The maximum atomic E-state index is 13.6. The Morgan fingerprint density at radius 1 is 1.17 bits per heavy atom. The van der Waals surface area contributed by atoms with Crippen molar-refractivity contribution in [3.8, 4) is 0 Å². The molecule has 122 valence electrons. The highest BCUT2D eigenvalue weighted by Gasteiger charge is 2.09. The maximum absolute atomic E-state index is 13.6. The molecule has 5 nitrogen and oxygen atoms in total. The van der Waals surface area contributed by atoms with Crippen LogP contribution in [0.25, 0.3) is 0 Å². The summed E-state index contributed by atoms with van der Waals surface area (Å²) < 4.78 is 36.5. The second-order valence-electron chi connectivity index (χ2n) is 4.86. The first-order chi connectivity index (χ1) is 10.8. The number of primary sulfonamides is 1. The van der Waals surface area contributed by atoms with Crippen LogP contribution in [0.5, 0.6) is 0 Å². The van der Waals surface area contributed by atoms with E-state index in [1.807, 2.05) is 0 Å². The van der Waals surface area contributed by atoms with Gasteiger partial charge in [0.2, 0.25) is 15.9 Å². The van der Waals surface area contributed by atoms with Gasteiger partial charge in [-0.05, 0) is 42.3 Å². The van der Waals surface area contributed by atoms with E-state index in [9.17, 15) is 17.6 Å². The minimum absolute atomic E-state index is 0.0163. The van der Waals surface area contributed by atoms with Crippen LogP contribution < -0.4 is 10.5 Å². The SMILES string of the molecule is NS(=O)(=O)c1ccc(CCC(=O)Nc2ccc(Br)cc2F)cc1. The van der Waals surface area contributed by atoms with Gasteiger partial charge in [0.25, 0.3) is 0 Å². The molecule has 0 saturated carbocycles. The fourth-order valence-corrected chi connectivity index (χ4v) is 2.76. The van der Waals surface area contributed by atoms with Crippen molar-refractivity contribution in [2.24, 2.45) is 5.14 Å². The third-order valence-electron chi connectivity index (χ3n) is 3.10. The Kier molecular flexibility index (Phi) is 5.51. The third kappa shape index (κ3) is 5.12. The molecule has 23 heavy (non-hydrogen) atoms. The lowest BCUT2D eigenvalue weighted by Gasteiger charge is -2.07. The van der Waals surface area contributed by atoms with Crippen LogP contribution in [-0.2, 0) is 21.2 Å². The highest BCUT2D eigenvalue weighted by molar-refractivity contribution is 9.10. The molecule has 0 heterocycles. The lowest BCUT2D eigenvalue weighted by atomic mass is 10.1. The average molecular weight is 401 g/mol. The summed E-state index contributed by atoms with van der Waals surface area (Å²) in [5.41, 5.74) is 0.895. The summed E-state index contributed by atoms with van der Waals surface area (Å²) in [5, 5.41) is 7.50. The highest BCUT2D eigenvalue weighted by atomic mass is 79.9. The van der Waals surface area contributed by atoms with Crippen molar-refractivity contribution in [2.45, 2.75) is 17.7 Å². The number of aryl methyl sites for hydroxylation is 1. The van der Waals surface area contributed by atoms with E-state index >= 15 is 0 Å². The first-order valence-electron chi connectivity index (χ1n) is 6.62. The van der Waals surface area contributed by atoms with Crippen LogP contribution in [0, 0.1) is 5.82 Å². The summed E-state index contributed by atoms with van der Waals surface area (Å²) in [6.45, 7) is 0. The number of nitrogens with one attached hydrogen (secondary N) is 1. The van der Waals surface area contributed by atoms with Crippen molar-refractivity contribution in [1.29, 1.82) is 0 Å². The number of rotatable bonds is 5. The Bertz CT molecular complexity index is 823. The summed E-state index contributed by atoms with van der Waals surface area (Å²) >= 11 is 3.14. The van der Waals surface area contributed by atoms with E-state index in [1.165, 1.54) is 24.3 Å². The minimum atomic E-state index is -3.72. The van der Waals surface area contributed by atoms with Crippen molar-refractivity contribution in [3.63, 3.8) is 0 Å². The number of hydrogen-bond acceptors (Lipinski definition) is 3. The van der Waals surface area contributed by atoms with Crippen LogP contribution in [0.4, 0.5) is 10.1 Å².